The van der Waals surface area contributed by atoms with Gasteiger partial charge in [0.05, 0.1) is 12.2 Å². The van der Waals surface area contributed by atoms with Crippen LogP contribution in [-0.4, -0.2) is 61.0 Å². The third kappa shape index (κ3) is 3.69. The summed E-state index contributed by atoms with van der Waals surface area (Å²) >= 11 is 0. The Kier molecular flexibility index (Phi) is 5.63. The van der Waals surface area contributed by atoms with Gasteiger partial charge in [0.2, 0.25) is 0 Å². The van der Waals surface area contributed by atoms with Crippen LogP contribution >= 0.6 is 0 Å². The third-order valence-corrected chi connectivity index (χ3v) is 5.14. The topological polar surface area (TPSA) is 44.7 Å². The molecule has 0 aromatic carbocycles. The largest absolute Gasteiger partial charge is 0.395 e. The standard InChI is InChI=1S/C15H30N2O2/c1-13(15(19-2)7-3-4-8-15)16-14-5-9-17(10-6-14)11-12-18/h13-14,16,18H,3-12H2,1-2H3. The minimum Gasteiger partial charge on any atom is -0.395 e. The van der Waals surface area contributed by atoms with Gasteiger partial charge in [0, 0.05) is 25.7 Å². The Balaban J connectivity index is 1.78. The number of ether oxygens (including phenoxy) is 1. The van der Waals surface area contributed by atoms with Crippen molar-refractivity contribution >= 4 is 0 Å². The van der Waals surface area contributed by atoms with E-state index in [1.165, 1.54) is 38.5 Å². The first-order valence-electron chi connectivity index (χ1n) is 7.84. The quantitative estimate of drug-likeness (QED) is 0.765. The van der Waals surface area contributed by atoms with Crippen LogP contribution in [0.2, 0.25) is 0 Å². The molecule has 0 bridgehead atoms. The maximum absolute atomic E-state index is 8.97. The van der Waals surface area contributed by atoms with Crippen LogP contribution in [0.5, 0.6) is 0 Å². The van der Waals surface area contributed by atoms with Crippen LogP contribution in [0.15, 0.2) is 0 Å². The summed E-state index contributed by atoms with van der Waals surface area (Å²) in [5.74, 6) is 0. The number of aliphatic hydroxyl groups excluding tert-OH is 1. The van der Waals surface area contributed by atoms with Crippen molar-refractivity contribution in [3.8, 4) is 0 Å². The molecule has 1 atom stereocenters. The molecular weight excluding hydrogens is 240 g/mol. The summed E-state index contributed by atoms with van der Waals surface area (Å²) in [5.41, 5.74) is 0.0717. The van der Waals surface area contributed by atoms with Crippen molar-refractivity contribution in [3.63, 3.8) is 0 Å². The Morgan fingerprint density at radius 1 is 1.32 bits per heavy atom. The Hall–Kier alpha value is -0.160. The van der Waals surface area contributed by atoms with E-state index in [4.69, 9.17) is 9.84 Å². The molecule has 1 heterocycles. The monoisotopic (exact) mass is 270 g/mol. The lowest BCUT2D eigenvalue weighted by molar-refractivity contribution is -0.0354. The number of likely N-dealkylation sites (tertiary alicyclic amines) is 1. The minimum atomic E-state index is 0.0717. The molecule has 1 aliphatic heterocycles. The molecule has 1 saturated carbocycles. The van der Waals surface area contributed by atoms with E-state index in [0.717, 1.165) is 19.6 Å². The molecule has 1 aliphatic carbocycles. The maximum atomic E-state index is 8.97. The second-order valence-corrected chi connectivity index (χ2v) is 6.20. The average molecular weight is 270 g/mol. The zero-order valence-electron chi connectivity index (χ0n) is 12.5. The van der Waals surface area contributed by atoms with E-state index in [9.17, 15) is 0 Å². The average Bonchev–Trinajstić information content (AvgIpc) is 2.91. The van der Waals surface area contributed by atoms with Gasteiger partial charge in [-0.15, -0.1) is 0 Å². The summed E-state index contributed by atoms with van der Waals surface area (Å²) in [5, 5.41) is 12.8. The van der Waals surface area contributed by atoms with Gasteiger partial charge in [-0.2, -0.15) is 0 Å². The van der Waals surface area contributed by atoms with Crippen LogP contribution in [-0.2, 0) is 4.74 Å². The molecular formula is C15H30N2O2. The molecule has 19 heavy (non-hydrogen) atoms. The first kappa shape index (κ1) is 15.2. The van der Waals surface area contributed by atoms with Gasteiger partial charge in [-0.25, -0.2) is 0 Å². The number of nitrogens with one attached hydrogen (secondary N) is 1. The maximum Gasteiger partial charge on any atom is 0.0828 e. The Labute approximate surface area is 117 Å². The molecule has 4 nitrogen and oxygen atoms in total. The van der Waals surface area contributed by atoms with Crippen molar-refractivity contribution in [3.05, 3.63) is 0 Å². The first-order chi connectivity index (χ1) is 9.20. The fourth-order valence-corrected chi connectivity index (χ4v) is 3.76. The number of nitrogens with zero attached hydrogens (tertiary/aromatic N) is 1. The van der Waals surface area contributed by atoms with E-state index in [1.54, 1.807) is 0 Å². The minimum absolute atomic E-state index is 0.0717. The predicted molar refractivity (Wildman–Crippen MR) is 77.4 cm³/mol. The van der Waals surface area contributed by atoms with Crippen molar-refractivity contribution in [2.75, 3.05) is 33.4 Å². The fourth-order valence-electron chi connectivity index (χ4n) is 3.76. The summed E-state index contributed by atoms with van der Waals surface area (Å²) in [6.07, 6.45) is 7.36. The third-order valence-electron chi connectivity index (χ3n) is 5.14. The second-order valence-electron chi connectivity index (χ2n) is 6.20. The smallest absolute Gasteiger partial charge is 0.0828 e. The van der Waals surface area contributed by atoms with Gasteiger partial charge in [-0.05, 0) is 45.7 Å². The number of methoxy groups -OCH3 is 1. The molecule has 2 N–H and O–H groups in total. The van der Waals surface area contributed by atoms with Gasteiger partial charge < -0.3 is 20.1 Å². The van der Waals surface area contributed by atoms with Gasteiger partial charge in [-0.1, -0.05) is 12.8 Å². The Morgan fingerprint density at radius 2 is 1.95 bits per heavy atom. The summed E-state index contributed by atoms with van der Waals surface area (Å²) in [6.45, 7) is 5.59. The number of hydrogen-bond donors (Lipinski definition) is 2. The molecule has 2 aliphatic rings. The van der Waals surface area contributed by atoms with Crippen LogP contribution in [0.3, 0.4) is 0 Å². The highest BCUT2D eigenvalue weighted by atomic mass is 16.5. The summed E-state index contributed by atoms with van der Waals surface area (Å²) in [6, 6.07) is 1.05. The van der Waals surface area contributed by atoms with E-state index < -0.39 is 0 Å². The van der Waals surface area contributed by atoms with Gasteiger partial charge in [-0.3, -0.25) is 0 Å². The van der Waals surface area contributed by atoms with Crippen LogP contribution in [0.1, 0.15) is 45.4 Å². The molecule has 2 fully saturated rings. The van der Waals surface area contributed by atoms with E-state index in [2.05, 4.69) is 17.1 Å². The lowest BCUT2D eigenvalue weighted by Gasteiger charge is -2.39. The number of β-amino-alcohol motifs (C(OH)–C–C–N with tert-alkyl or cyclic N) is 1. The number of aliphatic hydroxyl groups is 1. The van der Waals surface area contributed by atoms with Gasteiger partial charge in [0.1, 0.15) is 0 Å². The highest BCUT2D eigenvalue weighted by Crippen LogP contribution is 2.36. The highest BCUT2D eigenvalue weighted by Gasteiger charge is 2.40. The zero-order chi connectivity index (χ0) is 13.7. The van der Waals surface area contributed by atoms with Crippen LogP contribution in [0, 0.1) is 0 Å². The molecule has 1 saturated heterocycles. The highest BCUT2D eigenvalue weighted by molar-refractivity contribution is 4.96. The normalized spacial score (nSPS) is 26.7. The van der Waals surface area contributed by atoms with Crippen LogP contribution in [0.4, 0.5) is 0 Å². The molecule has 4 heteroatoms. The van der Waals surface area contributed by atoms with E-state index >= 15 is 0 Å². The van der Waals surface area contributed by atoms with E-state index in [1.807, 2.05) is 7.11 Å². The van der Waals surface area contributed by atoms with Crippen molar-refractivity contribution in [1.82, 2.24) is 10.2 Å². The number of hydrogen-bond acceptors (Lipinski definition) is 4. The number of rotatable bonds is 6. The molecule has 0 radical (unpaired) electrons. The van der Waals surface area contributed by atoms with E-state index in [0.29, 0.717) is 12.1 Å². The molecule has 0 spiro atoms. The molecule has 1 unspecified atom stereocenters. The van der Waals surface area contributed by atoms with Crippen LogP contribution < -0.4 is 5.32 Å². The van der Waals surface area contributed by atoms with Gasteiger partial charge in [0.25, 0.3) is 0 Å². The molecule has 0 aromatic heterocycles. The number of piperidine rings is 1. The Bertz CT molecular complexity index is 259. The van der Waals surface area contributed by atoms with Crippen molar-refractivity contribution in [2.24, 2.45) is 0 Å². The zero-order valence-corrected chi connectivity index (χ0v) is 12.5. The lowest BCUT2D eigenvalue weighted by atomic mass is 9.91. The molecule has 0 amide bonds. The second kappa shape index (κ2) is 7.02. The van der Waals surface area contributed by atoms with Crippen molar-refractivity contribution in [2.45, 2.75) is 63.1 Å². The van der Waals surface area contributed by atoms with Crippen molar-refractivity contribution in [1.29, 1.82) is 0 Å². The summed E-state index contributed by atoms with van der Waals surface area (Å²) < 4.78 is 5.86. The first-order valence-corrected chi connectivity index (χ1v) is 7.84. The van der Waals surface area contributed by atoms with Crippen molar-refractivity contribution < 1.29 is 9.84 Å². The van der Waals surface area contributed by atoms with Gasteiger partial charge >= 0.3 is 0 Å². The van der Waals surface area contributed by atoms with E-state index in [-0.39, 0.29) is 12.2 Å². The molecule has 112 valence electrons. The Morgan fingerprint density at radius 3 is 2.47 bits per heavy atom. The van der Waals surface area contributed by atoms with Gasteiger partial charge in [0.15, 0.2) is 0 Å². The van der Waals surface area contributed by atoms with Crippen LogP contribution in [0.25, 0.3) is 0 Å². The summed E-state index contributed by atoms with van der Waals surface area (Å²) in [7, 11) is 1.87. The SMILES string of the molecule is COC1(C(C)NC2CCN(CCO)CC2)CCCC1. The summed E-state index contributed by atoms with van der Waals surface area (Å²) in [4.78, 5) is 2.35. The lowest BCUT2D eigenvalue weighted by Crippen LogP contribution is -2.54. The molecule has 2 rings (SSSR count). The predicted octanol–water partition coefficient (Wildman–Crippen LogP) is 1.38. The fraction of sp³-hybridized carbons (Fsp3) is 1.00. The molecule has 0 aromatic rings.